The molecule has 1 unspecified atom stereocenters. The fourth-order valence-corrected chi connectivity index (χ4v) is 6.66. The van der Waals surface area contributed by atoms with Gasteiger partial charge in [0.1, 0.15) is 22.9 Å². The first kappa shape index (κ1) is 23.5. The van der Waals surface area contributed by atoms with E-state index in [4.69, 9.17) is 4.74 Å². The molecule has 2 aliphatic rings. The SMILES string of the molecule is CCCC(O)CCc1cc2ncn(-c3ccc(O[C@H]4C[C@H]5CC[C@@H](C4)N5C)c(C)c3)c(=O)c2s1. The smallest absolute Gasteiger partial charge is 0.275 e. The first-order valence-electron chi connectivity index (χ1n) is 12.6. The Morgan fingerprint density at radius 1 is 1.21 bits per heavy atom. The molecule has 182 valence electrons. The van der Waals surface area contributed by atoms with E-state index in [-0.39, 0.29) is 17.8 Å². The van der Waals surface area contributed by atoms with Gasteiger partial charge in [0.25, 0.3) is 5.56 Å². The second kappa shape index (κ2) is 9.80. The molecule has 0 saturated carbocycles. The van der Waals surface area contributed by atoms with Gasteiger partial charge in [-0.2, -0.15) is 0 Å². The number of fused-ring (bicyclic) bond motifs is 3. The first-order chi connectivity index (χ1) is 16.4. The van der Waals surface area contributed by atoms with E-state index in [1.807, 2.05) is 31.2 Å². The monoisotopic (exact) mass is 481 g/mol. The van der Waals surface area contributed by atoms with Crippen molar-refractivity contribution < 1.29 is 9.84 Å². The van der Waals surface area contributed by atoms with Crippen molar-refractivity contribution in [2.24, 2.45) is 0 Å². The van der Waals surface area contributed by atoms with Crippen LogP contribution in [0.3, 0.4) is 0 Å². The van der Waals surface area contributed by atoms with Crippen molar-refractivity contribution in [2.75, 3.05) is 7.05 Å². The summed E-state index contributed by atoms with van der Waals surface area (Å²) in [5, 5.41) is 10.0. The lowest BCUT2D eigenvalue weighted by molar-refractivity contribution is 0.0657. The summed E-state index contributed by atoms with van der Waals surface area (Å²) < 4.78 is 8.72. The molecule has 0 spiro atoms. The Labute approximate surface area is 205 Å². The van der Waals surface area contributed by atoms with E-state index >= 15 is 0 Å². The number of ether oxygens (including phenoxy) is 1. The lowest BCUT2D eigenvalue weighted by Crippen LogP contribution is -2.43. The molecule has 1 aromatic carbocycles. The Kier molecular flexibility index (Phi) is 6.78. The van der Waals surface area contributed by atoms with Gasteiger partial charge in [0.2, 0.25) is 0 Å². The molecule has 0 aliphatic carbocycles. The summed E-state index contributed by atoms with van der Waals surface area (Å²) in [5.41, 5.74) is 2.53. The van der Waals surface area contributed by atoms with E-state index in [9.17, 15) is 9.90 Å². The van der Waals surface area contributed by atoms with Crippen LogP contribution in [0, 0.1) is 6.92 Å². The number of aromatic nitrogens is 2. The normalized spacial score (nSPS) is 23.5. The van der Waals surface area contributed by atoms with Gasteiger partial charge in [0.15, 0.2) is 0 Å². The molecule has 5 rings (SSSR count). The number of benzene rings is 1. The Morgan fingerprint density at radius 3 is 2.68 bits per heavy atom. The molecule has 2 fully saturated rings. The van der Waals surface area contributed by atoms with Gasteiger partial charge in [0, 0.05) is 17.0 Å². The molecule has 0 radical (unpaired) electrons. The second-order valence-electron chi connectivity index (χ2n) is 10.0. The molecule has 2 bridgehead atoms. The van der Waals surface area contributed by atoms with Crippen molar-refractivity contribution in [3.8, 4) is 11.4 Å². The number of thiophene rings is 1. The van der Waals surface area contributed by atoms with Crippen LogP contribution in [0.25, 0.3) is 15.9 Å². The largest absolute Gasteiger partial charge is 0.490 e. The van der Waals surface area contributed by atoms with Gasteiger partial charge < -0.3 is 14.7 Å². The van der Waals surface area contributed by atoms with Crippen molar-refractivity contribution >= 4 is 21.6 Å². The molecule has 3 aromatic rings. The van der Waals surface area contributed by atoms with Crippen LogP contribution in [0.1, 0.15) is 62.3 Å². The summed E-state index contributed by atoms with van der Waals surface area (Å²) in [6.07, 6.45) is 9.61. The Morgan fingerprint density at radius 2 is 1.97 bits per heavy atom. The van der Waals surface area contributed by atoms with E-state index in [0.717, 1.165) is 59.5 Å². The molecular formula is C27H35N3O3S. The average Bonchev–Trinajstić information content (AvgIpc) is 3.31. The molecule has 1 N–H and O–H groups in total. The van der Waals surface area contributed by atoms with Gasteiger partial charge >= 0.3 is 0 Å². The maximum absolute atomic E-state index is 13.3. The zero-order valence-corrected chi connectivity index (χ0v) is 21.2. The summed E-state index contributed by atoms with van der Waals surface area (Å²) in [4.78, 5) is 21.4. The number of aryl methyl sites for hydroxylation is 2. The summed E-state index contributed by atoms with van der Waals surface area (Å²) in [7, 11) is 2.24. The molecule has 6 nitrogen and oxygen atoms in total. The van der Waals surface area contributed by atoms with Crippen LogP contribution in [-0.4, -0.2) is 50.9 Å². The highest BCUT2D eigenvalue weighted by atomic mass is 32.1. The molecular weight excluding hydrogens is 446 g/mol. The summed E-state index contributed by atoms with van der Waals surface area (Å²) in [6, 6.07) is 9.24. The summed E-state index contributed by atoms with van der Waals surface area (Å²) >= 11 is 1.49. The minimum atomic E-state index is -0.284. The van der Waals surface area contributed by atoms with E-state index < -0.39 is 0 Å². The number of rotatable bonds is 8. The topological polar surface area (TPSA) is 67.6 Å². The maximum Gasteiger partial charge on any atom is 0.275 e. The van der Waals surface area contributed by atoms with E-state index in [2.05, 4.69) is 23.9 Å². The third kappa shape index (κ3) is 4.66. The number of nitrogens with zero attached hydrogens (tertiary/aromatic N) is 3. The van der Waals surface area contributed by atoms with Gasteiger partial charge in [-0.05, 0) is 88.7 Å². The van der Waals surface area contributed by atoms with Crippen LogP contribution < -0.4 is 10.3 Å². The number of aliphatic hydroxyl groups is 1. The van der Waals surface area contributed by atoms with Gasteiger partial charge in [-0.1, -0.05) is 13.3 Å². The fraction of sp³-hybridized carbons (Fsp3) is 0.556. The molecule has 2 saturated heterocycles. The highest BCUT2D eigenvalue weighted by Gasteiger charge is 2.39. The Bertz CT molecular complexity index is 1210. The van der Waals surface area contributed by atoms with Crippen LogP contribution in [0.15, 0.2) is 35.4 Å². The van der Waals surface area contributed by atoms with Crippen LogP contribution in [0.5, 0.6) is 5.75 Å². The third-order valence-corrected chi connectivity index (χ3v) is 8.79. The molecule has 34 heavy (non-hydrogen) atoms. The maximum atomic E-state index is 13.3. The van der Waals surface area contributed by atoms with Crippen LogP contribution in [0.2, 0.25) is 0 Å². The van der Waals surface area contributed by atoms with Gasteiger partial charge in [-0.3, -0.25) is 9.36 Å². The third-order valence-electron chi connectivity index (χ3n) is 7.62. The minimum Gasteiger partial charge on any atom is -0.490 e. The van der Waals surface area contributed by atoms with Crippen molar-refractivity contribution in [1.82, 2.24) is 14.5 Å². The molecule has 2 aromatic heterocycles. The zero-order chi connectivity index (χ0) is 23.8. The van der Waals surface area contributed by atoms with Crippen molar-refractivity contribution in [3.63, 3.8) is 0 Å². The Balaban J connectivity index is 1.32. The van der Waals surface area contributed by atoms with E-state index in [1.54, 1.807) is 10.9 Å². The van der Waals surface area contributed by atoms with Crippen molar-refractivity contribution in [1.29, 1.82) is 0 Å². The second-order valence-corrected chi connectivity index (χ2v) is 11.2. The predicted molar refractivity (Wildman–Crippen MR) is 137 cm³/mol. The van der Waals surface area contributed by atoms with E-state index in [1.165, 1.54) is 24.2 Å². The molecule has 7 heteroatoms. The van der Waals surface area contributed by atoms with Crippen LogP contribution in [-0.2, 0) is 6.42 Å². The van der Waals surface area contributed by atoms with Crippen molar-refractivity contribution in [3.05, 3.63) is 51.4 Å². The fourth-order valence-electron chi connectivity index (χ4n) is 5.61. The lowest BCUT2D eigenvalue weighted by Gasteiger charge is -2.36. The minimum absolute atomic E-state index is 0.0460. The molecule has 0 amide bonds. The van der Waals surface area contributed by atoms with Crippen LogP contribution >= 0.6 is 11.3 Å². The highest BCUT2D eigenvalue weighted by molar-refractivity contribution is 7.18. The number of piperidine rings is 1. The van der Waals surface area contributed by atoms with Gasteiger partial charge in [-0.15, -0.1) is 11.3 Å². The van der Waals surface area contributed by atoms with Crippen molar-refractivity contribution in [2.45, 2.75) is 89.5 Å². The first-order valence-corrected chi connectivity index (χ1v) is 13.4. The number of aliphatic hydroxyl groups excluding tert-OH is 1. The quantitative estimate of drug-likeness (QED) is 0.498. The highest BCUT2D eigenvalue weighted by Crippen LogP contribution is 2.36. The van der Waals surface area contributed by atoms with Gasteiger partial charge in [0.05, 0.1) is 17.3 Å². The lowest BCUT2D eigenvalue weighted by atomic mass is 10.0. The zero-order valence-electron chi connectivity index (χ0n) is 20.4. The summed E-state index contributed by atoms with van der Waals surface area (Å²) in [5.74, 6) is 0.906. The van der Waals surface area contributed by atoms with E-state index in [0.29, 0.717) is 23.2 Å². The molecule has 4 heterocycles. The standard InChI is InChI=1S/C27H35N3O3S/c1-4-5-21(31)9-10-23-15-24-26(34-23)27(32)30(16-28-24)20-8-11-25(17(2)12-20)33-22-13-18-6-7-19(14-22)29(18)3/h8,11-12,15-16,18-19,21-22,31H,4-7,9-10,13-14H2,1-3H3/t18-,19+,21?,22+. The number of hydrogen-bond acceptors (Lipinski definition) is 6. The average molecular weight is 482 g/mol. The van der Waals surface area contributed by atoms with Crippen LogP contribution in [0.4, 0.5) is 0 Å². The Hall–Kier alpha value is -2.22. The number of hydrogen-bond donors (Lipinski definition) is 1. The predicted octanol–water partition coefficient (Wildman–Crippen LogP) is 4.85. The molecule has 2 aliphatic heterocycles. The summed E-state index contributed by atoms with van der Waals surface area (Å²) in [6.45, 7) is 4.12. The molecule has 4 atom stereocenters. The van der Waals surface area contributed by atoms with Gasteiger partial charge in [-0.25, -0.2) is 4.98 Å².